The summed E-state index contributed by atoms with van der Waals surface area (Å²) in [6.45, 7) is 4.80. The third kappa shape index (κ3) is 3.93. The Hall–Kier alpha value is -1.72. The van der Waals surface area contributed by atoms with E-state index in [-0.39, 0.29) is 5.78 Å². The van der Waals surface area contributed by atoms with E-state index in [9.17, 15) is 4.79 Å². The minimum absolute atomic E-state index is 0.0656. The fourth-order valence-corrected chi connectivity index (χ4v) is 4.13. The third-order valence-electron chi connectivity index (χ3n) is 3.69. The Kier molecular flexibility index (Phi) is 5.54. The van der Waals surface area contributed by atoms with Crippen molar-refractivity contribution in [2.45, 2.75) is 18.7 Å². The largest absolute Gasteiger partial charge is 0.493 e. The van der Waals surface area contributed by atoms with E-state index in [1.54, 1.807) is 7.11 Å². The first-order chi connectivity index (χ1) is 12.0. The monoisotopic (exact) mass is 418 g/mol. The number of thioether (sulfide) groups is 1. The summed E-state index contributed by atoms with van der Waals surface area (Å²) in [6, 6.07) is 11.5. The molecule has 0 aromatic heterocycles. The molecule has 0 atom stereocenters. The molecule has 0 unspecified atom stereocenters. The molecule has 3 nitrogen and oxygen atoms in total. The Morgan fingerprint density at radius 2 is 2.00 bits per heavy atom. The highest BCUT2D eigenvalue weighted by Gasteiger charge is 2.25. The van der Waals surface area contributed by atoms with E-state index in [2.05, 4.69) is 29.8 Å². The summed E-state index contributed by atoms with van der Waals surface area (Å²) in [4.78, 5) is 14.2. The molecule has 0 saturated carbocycles. The van der Waals surface area contributed by atoms with Crippen molar-refractivity contribution in [1.82, 2.24) is 0 Å². The Morgan fingerprint density at radius 1 is 1.24 bits per heavy atom. The first-order valence-corrected chi connectivity index (χ1v) is 9.64. The van der Waals surface area contributed by atoms with Crippen molar-refractivity contribution in [3.8, 4) is 11.5 Å². The van der Waals surface area contributed by atoms with Gasteiger partial charge in [-0.3, -0.25) is 4.79 Å². The normalized spacial score (nSPS) is 14.9. The molecule has 0 N–H and O–H groups in total. The predicted octanol–water partition coefficient (Wildman–Crippen LogP) is 5.82. The van der Waals surface area contributed by atoms with Crippen LogP contribution in [0.25, 0.3) is 6.08 Å². The van der Waals surface area contributed by atoms with Gasteiger partial charge in [0, 0.05) is 10.5 Å². The Balaban J connectivity index is 1.92. The summed E-state index contributed by atoms with van der Waals surface area (Å²) in [7, 11) is 1.62. The van der Waals surface area contributed by atoms with E-state index in [0.29, 0.717) is 28.9 Å². The van der Waals surface area contributed by atoms with E-state index in [4.69, 9.17) is 9.47 Å². The van der Waals surface area contributed by atoms with Crippen LogP contribution in [-0.2, 0) is 0 Å². The van der Waals surface area contributed by atoms with Crippen LogP contribution in [0, 0.1) is 5.92 Å². The van der Waals surface area contributed by atoms with Crippen molar-refractivity contribution in [3.63, 3.8) is 0 Å². The highest BCUT2D eigenvalue weighted by Crippen LogP contribution is 2.42. The van der Waals surface area contributed by atoms with Crippen LogP contribution in [0.4, 0.5) is 0 Å². The van der Waals surface area contributed by atoms with Crippen molar-refractivity contribution in [2.24, 2.45) is 5.92 Å². The zero-order valence-electron chi connectivity index (χ0n) is 14.3. The second-order valence-corrected chi connectivity index (χ2v) is 8.11. The highest BCUT2D eigenvalue weighted by atomic mass is 79.9. The molecule has 1 heterocycles. The number of fused-ring (bicyclic) bond motifs is 1. The van der Waals surface area contributed by atoms with Crippen molar-refractivity contribution in [3.05, 3.63) is 56.9 Å². The van der Waals surface area contributed by atoms with Gasteiger partial charge in [-0.05, 0) is 57.8 Å². The Labute approximate surface area is 160 Å². The quantitative estimate of drug-likeness (QED) is 0.572. The molecular formula is C20H19BrO3S. The van der Waals surface area contributed by atoms with Gasteiger partial charge < -0.3 is 9.47 Å². The number of ketones is 1. The second-order valence-electron chi connectivity index (χ2n) is 6.17. The topological polar surface area (TPSA) is 35.5 Å². The van der Waals surface area contributed by atoms with E-state index in [1.165, 1.54) is 11.8 Å². The number of allylic oxidation sites excluding steroid dienone is 1. The third-order valence-corrected chi connectivity index (χ3v) is 5.37. The van der Waals surface area contributed by atoms with Crippen molar-refractivity contribution in [2.75, 3.05) is 13.7 Å². The van der Waals surface area contributed by atoms with Crippen LogP contribution in [0.2, 0.25) is 0 Å². The molecule has 0 aliphatic carbocycles. The van der Waals surface area contributed by atoms with Crippen LogP contribution in [0.5, 0.6) is 11.5 Å². The molecular weight excluding hydrogens is 400 g/mol. The van der Waals surface area contributed by atoms with E-state index >= 15 is 0 Å². The summed E-state index contributed by atoms with van der Waals surface area (Å²) in [6.07, 6.45) is 1.90. The number of hydrogen-bond acceptors (Lipinski definition) is 4. The zero-order chi connectivity index (χ0) is 18.0. The average Bonchev–Trinajstić information content (AvgIpc) is 2.89. The molecule has 0 bridgehead atoms. The van der Waals surface area contributed by atoms with Gasteiger partial charge in [0.2, 0.25) is 5.78 Å². The summed E-state index contributed by atoms with van der Waals surface area (Å²) >= 11 is 5.06. The van der Waals surface area contributed by atoms with Crippen LogP contribution < -0.4 is 9.47 Å². The molecule has 2 aromatic carbocycles. The lowest BCUT2D eigenvalue weighted by Crippen LogP contribution is -2.06. The van der Waals surface area contributed by atoms with E-state index in [1.807, 2.05) is 42.5 Å². The number of Topliss-reactive ketones (excluding diaryl/α,β-unsaturated/α-hetero) is 1. The molecule has 25 heavy (non-hydrogen) atoms. The number of benzene rings is 2. The smallest absolute Gasteiger partial charge is 0.200 e. The van der Waals surface area contributed by atoms with Crippen LogP contribution in [0.3, 0.4) is 0 Å². The van der Waals surface area contributed by atoms with Gasteiger partial charge >= 0.3 is 0 Å². The zero-order valence-corrected chi connectivity index (χ0v) is 16.7. The maximum absolute atomic E-state index is 12.5. The van der Waals surface area contributed by atoms with Crippen molar-refractivity contribution < 1.29 is 14.3 Å². The number of halogens is 1. The number of methoxy groups -OCH3 is 1. The molecule has 3 rings (SSSR count). The van der Waals surface area contributed by atoms with Gasteiger partial charge in [0.25, 0.3) is 0 Å². The van der Waals surface area contributed by atoms with Crippen LogP contribution >= 0.6 is 27.7 Å². The number of ether oxygens (including phenoxy) is 2. The van der Waals surface area contributed by atoms with Crippen molar-refractivity contribution >= 4 is 39.6 Å². The molecule has 0 spiro atoms. The van der Waals surface area contributed by atoms with Crippen LogP contribution in [0.1, 0.15) is 29.8 Å². The fourth-order valence-electron chi connectivity index (χ4n) is 2.50. The standard InChI is InChI=1S/C20H19BrO3S/c1-12(2)11-24-20-15(21)8-13(9-16(20)23-3)10-18-19(22)14-6-4-5-7-17(14)25-18/h4-10,12H,11H2,1-3H3/b18-10+. The SMILES string of the molecule is COc1cc(/C=C2/Sc3ccccc3C2=O)cc(Br)c1OCC(C)C. The van der Waals surface area contributed by atoms with Gasteiger partial charge in [-0.2, -0.15) is 0 Å². The maximum atomic E-state index is 12.5. The van der Waals surface area contributed by atoms with Gasteiger partial charge in [-0.15, -0.1) is 0 Å². The first kappa shape index (κ1) is 18.1. The number of carbonyl (C=O) groups excluding carboxylic acids is 1. The summed E-state index contributed by atoms with van der Waals surface area (Å²) in [5, 5.41) is 0. The minimum atomic E-state index is 0.0656. The van der Waals surface area contributed by atoms with Gasteiger partial charge in [-0.1, -0.05) is 37.7 Å². The summed E-state index contributed by atoms with van der Waals surface area (Å²) < 4.78 is 12.1. The first-order valence-electron chi connectivity index (χ1n) is 8.03. The molecule has 1 aliphatic heterocycles. The molecule has 130 valence electrons. The number of hydrogen-bond donors (Lipinski definition) is 0. The highest BCUT2D eigenvalue weighted by molar-refractivity contribution is 9.10. The molecule has 0 saturated heterocycles. The lowest BCUT2D eigenvalue weighted by molar-refractivity contribution is 0.104. The minimum Gasteiger partial charge on any atom is -0.493 e. The summed E-state index contributed by atoms with van der Waals surface area (Å²) in [5.41, 5.74) is 1.66. The summed E-state index contributed by atoms with van der Waals surface area (Å²) in [5.74, 6) is 1.82. The van der Waals surface area contributed by atoms with Gasteiger partial charge in [0.15, 0.2) is 11.5 Å². The molecule has 0 amide bonds. The number of rotatable bonds is 5. The average molecular weight is 419 g/mol. The Bertz CT molecular complexity index is 843. The van der Waals surface area contributed by atoms with Crippen molar-refractivity contribution in [1.29, 1.82) is 0 Å². The molecule has 2 aromatic rings. The second kappa shape index (κ2) is 7.67. The van der Waals surface area contributed by atoms with Crippen LogP contribution in [-0.4, -0.2) is 19.5 Å². The molecule has 5 heteroatoms. The number of carbonyl (C=O) groups is 1. The molecule has 1 aliphatic rings. The maximum Gasteiger partial charge on any atom is 0.200 e. The van der Waals surface area contributed by atoms with E-state index < -0.39 is 0 Å². The lowest BCUT2D eigenvalue weighted by atomic mass is 10.1. The van der Waals surface area contributed by atoms with Gasteiger partial charge in [0.05, 0.1) is 23.1 Å². The fraction of sp³-hybridized carbons (Fsp3) is 0.250. The lowest BCUT2D eigenvalue weighted by Gasteiger charge is -2.15. The van der Waals surface area contributed by atoms with Gasteiger partial charge in [-0.25, -0.2) is 0 Å². The predicted molar refractivity (Wildman–Crippen MR) is 106 cm³/mol. The molecule has 0 radical (unpaired) electrons. The van der Waals surface area contributed by atoms with Crippen LogP contribution in [0.15, 0.2) is 50.7 Å². The molecule has 0 fully saturated rings. The Morgan fingerprint density at radius 3 is 2.68 bits per heavy atom. The van der Waals surface area contributed by atoms with E-state index in [0.717, 1.165) is 20.5 Å². The van der Waals surface area contributed by atoms with Gasteiger partial charge in [0.1, 0.15) is 0 Å².